The average Bonchev–Trinajstić information content (AvgIpc) is 0.826. The zero-order valence-corrected chi connectivity index (χ0v) is 87.7. The Bertz CT molecular complexity index is 5160. The Morgan fingerprint density at radius 1 is 0.444 bits per heavy atom. The number of phenolic OH excluding ortho intramolecular Hbond substituents is 1. The molecular weight excluding hydrogens is 2180 g/mol. The Morgan fingerprint density at radius 2 is 0.835 bits per heavy atom. The van der Waals surface area contributed by atoms with Gasteiger partial charge in [0.1, 0.15) is 85.1 Å². The van der Waals surface area contributed by atoms with Crippen molar-refractivity contribution in [3.63, 3.8) is 0 Å². The molecule has 8 aromatic rings. The van der Waals surface area contributed by atoms with E-state index in [1.165, 1.54) is 51.2 Å². The molecule has 0 radical (unpaired) electrons. The fourth-order valence-corrected chi connectivity index (χ4v) is 14.0. The molecule has 0 spiro atoms. The van der Waals surface area contributed by atoms with Crippen LogP contribution in [0.1, 0.15) is 199 Å². The van der Waals surface area contributed by atoms with Crippen LogP contribution in [0.3, 0.4) is 0 Å². The van der Waals surface area contributed by atoms with Crippen LogP contribution < -0.4 is 44.8 Å². The van der Waals surface area contributed by atoms with Crippen LogP contribution in [0.2, 0.25) is 0 Å². The van der Waals surface area contributed by atoms with Gasteiger partial charge in [-0.05, 0) is 255 Å². The van der Waals surface area contributed by atoms with Gasteiger partial charge < -0.3 is 103 Å². The minimum absolute atomic E-state index is 0.0628. The van der Waals surface area contributed by atoms with Crippen LogP contribution in [0.5, 0.6) is 46.0 Å². The number of amides is 3. The number of esters is 5. The molecule has 0 aliphatic carbocycles. The first-order chi connectivity index (χ1) is 62.9. The van der Waals surface area contributed by atoms with Gasteiger partial charge in [-0.25, -0.2) is 33.6 Å². The maximum absolute atomic E-state index is 12.3. The molecule has 7 N–H and O–H groups in total. The molecule has 0 atom stereocenters. The van der Waals surface area contributed by atoms with Crippen LogP contribution in [-0.2, 0) is 57.6 Å². The average molecular weight is 2300 g/mol. The lowest BCUT2D eigenvalue weighted by molar-refractivity contribution is -0.155. The third-order valence-corrected chi connectivity index (χ3v) is 21.2. The molecule has 0 saturated carbocycles. The highest BCUT2D eigenvalue weighted by atomic mass is 79.9. The summed E-state index contributed by atoms with van der Waals surface area (Å²) in [6.07, 6.45) is 5.24. The van der Waals surface area contributed by atoms with Crippen molar-refractivity contribution in [2.24, 2.45) is 5.73 Å². The molecule has 4 heterocycles. The Kier molecular flexibility index (Phi) is 50.1. The van der Waals surface area contributed by atoms with Gasteiger partial charge in [-0.2, -0.15) is 0 Å². The third kappa shape index (κ3) is 43.2. The van der Waals surface area contributed by atoms with Crippen molar-refractivity contribution in [3.05, 3.63) is 227 Å². The van der Waals surface area contributed by atoms with Gasteiger partial charge in [-0.3, -0.25) is 9.59 Å². The Hall–Kier alpha value is -9.73. The highest BCUT2D eigenvalue weighted by Gasteiger charge is 2.28. The molecule has 0 unspecified atom stereocenters. The predicted octanol–water partition coefficient (Wildman–Crippen LogP) is 21.5. The van der Waals surface area contributed by atoms with Crippen LogP contribution in [0.25, 0.3) is 0 Å². The summed E-state index contributed by atoms with van der Waals surface area (Å²) >= 11 is 23.1. The van der Waals surface area contributed by atoms with E-state index in [2.05, 4.69) is 138 Å². The van der Waals surface area contributed by atoms with E-state index in [0.717, 1.165) is 90.4 Å². The quantitative estimate of drug-likeness (QED) is 0.0297. The number of unbranched alkanes of at least 4 members (excludes halogenated alkanes) is 1. The molecule has 4 aliphatic heterocycles. The van der Waals surface area contributed by atoms with E-state index >= 15 is 0 Å². The van der Waals surface area contributed by atoms with Crippen molar-refractivity contribution >= 4 is 165 Å². The summed E-state index contributed by atoms with van der Waals surface area (Å²) in [6, 6.07) is 41.7. The summed E-state index contributed by atoms with van der Waals surface area (Å²) in [5.74, 6) is 0.560. The minimum atomic E-state index is -1.13. The number of hydrogen-bond acceptors (Lipinski definition) is 26. The smallest absolute Gasteiger partial charge is 0.410 e. The van der Waals surface area contributed by atoms with Crippen molar-refractivity contribution in [2.75, 3.05) is 100 Å². The maximum atomic E-state index is 12.3. The van der Waals surface area contributed by atoms with E-state index in [1.54, 1.807) is 89.5 Å². The number of aromatic hydroxyl groups is 2. The summed E-state index contributed by atoms with van der Waals surface area (Å²) in [5, 5.41) is 33.0. The second-order valence-corrected chi connectivity index (χ2v) is 38.4. The van der Waals surface area contributed by atoms with Gasteiger partial charge in [0.05, 0.1) is 91.8 Å². The number of carboxylic acids is 1. The molecule has 133 heavy (non-hydrogen) atoms. The summed E-state index contributed by atoms with van der Waals surface area (Å²) < 4.78 is 74.7. The van der Waals surface area contributed by atoms with Gasteiger partial charge in [-0.15, -0.1) is 0 Å². The fraction of sp³-hybridized carbons (Fsp3) is 0.406. The Morgan fingerprint density at radius 3 is 1.30 bits per heavy atom. The number of nitrogens with zero attached hydrogens (tertiary/aromatic N) is 2. The normalized spacial score (nSPS) is 13.1. The van der Waals surface area contributed by atoms with Crippen LogP contribution in [0.15, 0.2) is 177 Å². The molecule has 0 fully saturated rings. The molecule has 3 amide bonds. The van der Waals surface area contributed by atoms with Crippen LogP contribution in [0, 0.1) is 0 Å². The summed E-state index contributed by atoms with van der Waals surface area (Å²) in [7, 11) is 3.94. The van der Waals surface area contributed by atoms with Gasteiger partial charge in [0.15, 0.2) is 0 Å². The molecule has 4 aliphatic rings. The van der Waals surface area contributed by atoms with Crippen molar-refractivity contribution in [3.8, 4) is 46.0 Å². The Labute approximate surface area is 835 Å². The molecule has 30 nitrogen and oxygen atoms in total. The first kappa shape index (κ1) is 114. The lowest BCUT2D eigenvalue weighted by atomic mass is 10.1. The summed E-state index contributed by atoms with van der Waals surface area (Å²) in [6.45, 7) is 27.5. The summed E-state index contributed by atoms with van der Waals surface area (Å²) in [5.41, 5.74) is 8.90. The van der Waals surface area contributed by atoms with Gasteiger partial charge in [-0.1, -0.05) is 130 Å². The number of carbonyl (C=O) groups excluding carboxylic acids is 8. The highest BCUT2D eigenvalue weighted by Crippen LogP contribution is 2.33. The zero-order valence-electron chi connectivity index (χ0n) is 76.6. The number of methoxy groups -OCH3 is 3. The molecule has 0 aromatic heterocycles. The van der Waals surface area contributed by atoms with Gasteiger partial charge in [0.2, 0.25) is 0 Å². The molecule has 37 heteroatoms. The van der Waals surface area contributed by atoms with Crippen LogP contribution >= 0.6 is 112 Å². The molecule has 12 rings (SSSR count). The van der Waals surface area contributed by atoms with Crippen LogP contribution in [0.4, 0.5) is 9.59 Å². The monoisotopic (exact) mass is 2290 g/mol. The SMILES string of the molecule is Brc1ccc2c(c1)OCCCNC2.CC(C)(C)OC(=O)N1CCCOc2cc(Br)ccc2C1.CCOC(=O)c1ccc2c(c1)OCCCN(C(=O)OC(C)(C)C)C2.COC(=O)c1ccc(Br)cc1O.COC(=O)c1ccc(Br)cc1OCCCCC(=O)OC(C)(C)C.COC(=O)c1ccc(Br)cc1OCCCN.O=C(O)c1ccc(Br)cc1O.O=C1NCCCOc2cc(Br)ccc21. The number of hydrogen-bond donors (Lipinski definition) is 6. The maximum Gasteiger partial charge on any atom is 0.410 e. The first-order valence-corrected chi connectivity index (χ1v) is 47.8. The van der Waals surface area contributed by atoms with E-state index in [0.29, 0.717) is 159 Å². The number of aromatic carboxylic acids is 1. The molecule has 8 aromatic carbocycles. The number of benzene rings is 8. The van der Waals surface area contributed by atoms with Crippen LogP contribution in [-0.4, -0.2) is 196 Å². The minimum Gasteiger partial charge on any atom is -0.507 e. The number of phenols is 2. The van der Waals surface area contributed by atoms with Gasteiger partial charge in [0.25, 0.3) is 5.91 Å². The van der Waals surface area contributed by atoms with Crippen molar-refractivity contribution in [1.82, 2.24) is 20.4 Å². The van der Waals surface area contributed by atoms with Crippen molar-refractivity contribution in [2.45, 2.75) is 157 Å². The van der Waals surface area contributed by atoms with E-state index in [-0.39, 0.29) is 52.7 Å². The lowest BCUT2D eigenvalue weighted by Crippen LogP contribution is -2.38. The van der Waals surface area contributed by atoms with Crippen molar-refractivity contribution < 1.29 is 120 Å². The molecule has 0 saturated heterocycles. The van der Waals surface area contributed by atoms with Gasteiger partial charge >= 0.3 is 48.0 Å². The number of carboxylic acid groups (broad SMARTS) is 1. The number of nitrogens with two attached hydrogens (primary N) is 1. The van der Waals surface area contributed by atoms with E-state index in [4.69, 9.17) is 68.1 Å². The Balaban J connectivity index is 0.000000272. The number of halogens is 7. The lowest BCUT2D eigenvalue weighted by Gasteiger charge is -2.29. The second-order valence-electron chi connectivity index (χ2n) is 32.0. The number of fused-ring (bicyclic) bond motifs is 4. The zero-order chi connectivity index (χ0) is 98.5. The first-order valence-electron chi connectivity index (χ1n) is 42.3. The highest BCUT2D eigenvalue weighted by molar-refractivity contribution is 9.11. The van der Waals surface area contributed by atoms with Crippen molar-refractivity contribution in [1.29, 1.82) is 0 Å². The fourth-order valence-electron chi connectivity index (χ4n) is 11.6. The third-order valence-electron chi connectivity index (χ3n) is 17.8. The molecular formula is C96H116Br7N5O25. The van der Waals surface area contributed by atoms with E-state index < -0.39 is 40.7 Å². The molecule has 724 valence electrons. The number of carbonyl (C=O) groups is 9. The largest absolute Gasteiger partial charge is 0.507 e. The number of nitrogens with one attached hydrogen (secondary N) is 2. The number of rotatable bonds is 16. The summed E-state index contributed by atoms with van der Waals surface area (Å²) in [4.78, 5) is 107. The van der Waals surface area contributed by atoms with Gasteiger partial charge in [0, 0.05) is 80.6 Å². The second kappa shape index (κ2) is 58.5. The predicted molar refractivity (Wildman–Crippen MR) is 528 cm³/mol. The number of ether oxygens (including phenoxy) is 13. The molecule has 0 bridgehead atoms. The standard InChI is InChI=1S/C18H25NO5.C17H23BrO5.C15H20BrNO3.C11H14BrNO3.C10H10BrNO2.C10H12BrNO.C8H7BrO3.C7H5BrO3/c1-5-22-16(20)13-7-8-14-12-19(17(21)24-18(2,3)4)9-6-10-23-15(14)11-13;1-17(2,3)23-15(19)7-5-6-10-22-14-11-12(18)8-9-13(14)16(20)21-4;1-15(2,3)20-14(18)17-7-4-8-19-13-9-12(16)6-5-11(13)10-17;1-15-11(14)9-4-3-8(12)7-10(9)16-6-2-5-13;11-7-2-3-8-9(6-7)14-5-1-4-12-10(8)13;11-9-3-2-8-7-12-4-1-5-13-10(8)6-9;1-12-8(11)6-3-2-5(9)4-7(6)10;8-4-1-2-5(7(10)11)6(9)3-4/h7-8,11H,5-6,9-10,12H2,1-4H3;8-9,11H,5-7,10H2,1-4H3;5-6,9H,4,7-8,10H2,1-3H3;3-4,7H,2,5-6,13H2,1H3;2-3,6H,1,4-5H2,(H,12,13);2-3,6,12H,1,4-5,7H2;2-4,10H,1H3;1-3,9H,(H,10,11). The van der Waals surface area contributed by atoms with E-state index in [9.17, 15) is 48.3 Å². The topological polar surface area (TPSA) is 391 Å². The van der Waals surface area contributed by atoms with E-state index in [1.807, 2.05) is 105 Å².